The number of carbonyl (C=O) groups is 2. The summed E-state index contributed by atoms with van der Waals surface area (Å²) in [6, 6.07) is 0. The van der Waals surface area contributed by atoms with E-state index < -0.39 is 0 Å². The van der Waals surface area contributed by atoms with Crippen molar-refractivity contribution in [3.63, 3.8) is 0 Å². The van der Waals surface area contributed by atoms with E-state index in [-0.39, 0.29) is 11.7 Å². The van der Waals surface area contributed by atoms with Crippen molar-refractivity contribution in [1.29, 1.82) is 0 Å². The lowest BCUT2D eigenvalue weighted by molar-refractivity contribution is -0.131. The van der Waals surface area contributed by atoms with E-state index in [2.05, 4.69) is 6.92 Å². The van der Waals surface area contributed by atoms with Crippen LogP contribution in [-0.4, -0.2) is 29.7 Å². The molecule has 1 aliphatic heterocycles. The predicted molar refractivity (Wildman–Crippen MR) is 45.7 cm³/mol. The molecule has 0 spiro atoms. The van der Waals surface area contributed by atoms with E-state index in [1.807, 2.05) is 0 Å². The van der Waals surface area contributed by atoms with Crippen LogP contribution in [0.15, 0.2) is 0 Å². The maximum atomic E-state index is 11.3. The van der Waals surface area contributed by atoms with Gasteiger partial charge < -0.3 is 4.90 Å². The summed E-state index contributed by atoms with van der Waals surface area (Å²) < 4.78 is 0. The highest BCUT2D eigenvalue weighted by atomic mass is 16.2. The molecule has 0 radical (unpaired) electrons. The molecule has 1 saturated heterocycles. The van der Waals surface area contributed by atoms with E-state index in [1.165, 1.54) is 6.92 Å². The maximum Gasteiger partial charge on any atom is 0.223 e. The number of hydrogen-bond acceptors (Lipinski definition) is 2. The summed E-state index contributed by atoms with van der Waals surface area (Å²) in [7, 11) is 0. The first kappa shape index (κ1) is 9.23. The number of carbonyl (C=O) groups excluding carboxylic acids is 2. The van der Waals surface area contributed by atoms with Gasteiger partial charge in [-0.15, -0.1) is 0 Å². The van der Waals surface area contributed by atoms with Gasteiger partial charge in [0.25, 0.3) is 0 Å². The average molecular weight is 169 g/mol. The van der Waals surface area contributed by atoms with Crippen molar-refractivity contribution < 1.29 is 9.59 Å². The van der Waals surface area contributed by atoms with Gasteiger partial charge in [0, 0.05) is 13.0 Å². The minimum absolute atomic E-state index is 0.0695. The fraction of sp³-hybridized carbons (Fsp3) is 0.778. The van der Waals surface area contributed by atoms with Crippen LogP contribution in [0, 0.1) is 5.92 Å². The van der Waals surface area contributed by atoms with Gasteiger partial charge in [0.05, 0.1) is 6.54 Å². The van der Waals surface area contributed by atoms with Crippen molar-refractivity contribution in [2.45, 2.75) is 26.7 Å². The van der Waals surface area contributed by atoms with Gasteiger partial charge in [-0.3, -0.25) is 9.59 Å². The van der Waals surface area contributed by atoms with Gasteiger partial charge in [-0.25, -0.2) is 0 Å². The molecule has 1 unspecified atom stereocenters. The number of nitrogens with zero attached hydrogens (tertiary/aromatic N) is 1. The first-order valence-electron chi connectivity index (χ1n) is 4.40. The molecule has 1 rings (SSSR count). The normalized spacial score (nSPS) is 23.3. The smallest absolute Gasteiger partial charge is 0.223 e. The molecule has 1 heterocycles. The fourth-order valence-electron chi connectivity index (χ4n) is 1.55. The second-order valence-electron chi connectivity index (χ2n) is 3.45. The van der Waals surface area contributed by atoms with Gasteiger partial charge in [-0.2, -0.15) is 0 Å². The predicted octanol–water partition coefficient (Wildman–Crippen LogP) is 0.834. The fourth-order valence-corrected chi connectivity index (χ4v) is 1.55. The molecule has 0 aromatic rings. The Hall–Kier alpha value is -0.860. The van der Waals surface area contributed by atoms with Crippen LogP contribution in [0.2, 0.25) is 0 Å². The second-order valence-corrected chi connectivity index (χ2v) is 3.45. The van der Waals surface area contributed by atoms with Crippen LogP contribution in [0.1, 0.15) is 26.7 Å². The molecule has 0 saturated carbocycles. The van der Waals surface area contributed by atoms with E-state index in [0.717, 1.165) is 13.0 Å². The Morgan fingerprint density at radius 2 is 2.33 bits per heavy atom. The largest absolute Gasteiger partial charge is 0.335 e. The average Bonchev–Trinajstić information content (AvgIpc) is 2.31. The quantitative estimate of drug-likeness (QED) is 0.627. The number of Topliss-reactive ketones (excluding diaryl/α,β-unsaturated/α-hetero) is 1. The lowest BCUT2D eigenvalue weighted by atomic mass is 10.1. The number of ketones is 1. The first-order valence-corrected chi connectivity index (χ1v) is 4.40. The summed E-state index contributed by atoms with van der Waals surface area (Å²) in [6.07, 6.45) is 1.66. The molecule has 0 bridgehead atoms. The maximum absolute atomic E-state index is 11.3. The van der Waals surface area contributed by atoms with Crippen LogP contribution >= 0.6 is 0 Å². The lowest BCUT2D eigenvalue weighted by Crippen LogP contribution is -2.30. The summed E-state index contributed by atoms with van der Waals surface area (Å²) in [4.78, 5) is 23.7. The molecule has 1 amide bonds. The molecule has 1 fully saturated rings. The number of rotatable bonds is 3. The van der Waals surface area contributed by atoms with Crippen molar-refractivity contribution in [3.05, 3.63) is 0 Å². The Balaban J connectivity index is 2.46. The van der Waals surface area contributed by atoms with E-state index in [9.17, 15) is 9.59 Å². The van der Waals surface area contributed by atoms with Crippen LogP contribution in [0.25, 0.3) is 0 Å². The topological polar surface area (TPSA) is 37.4 Å². The van der Waals surface area contributed by atoms with Crippen LogP contribution in [0.4, 0.5) is 0 Å². The molecule has 0 aromatic heterocycles. The summed E-state index contributed by atoms with van der Waals surface area (Å²) in [5.41, 5.74) is 0. The second kappa shape index (κ2) is 3.70. The molecule has 12 heavy (non-hydrogen) atoms. The van der Waals surface area contributed by atoms with Crippen molar-refractivity contribution in [2.24, 2.45) is 5.92 Å². The third kappa shape index (κ3) is 2.06. The van der Waals surface area contributed by atoms with E-state index in [4.69, 9.17) is 0 Å². The first-order chi connectivity index (χ1) is 5.63. The Morgan fingerprint density at radius 3 is 2.75 bits per heavy atom. The summed E-state index contributed by atoms with van der Waals surface area (Å²) in [5, 5.41) is 0. The van der Waals surface area contributed by atoms with E-state index in [1.54, 1.807) is 4.90 Å². The molecular formula is C9H15NO2. The number of likely N-dealkylation sites (tertiary alicyclic amines) is 1. The van der Waals surface area contributed by atoms with E-state index in [0.29, 0.717) is 18.9 Å². The molecule has 3 nitrogen and oxygen atoms in total. The third-order valence-electron chi connectivity index (χ3n) is 2.29. The highest BCUT2D eigenvalue weighted by Gasteiger charge is 2.28. The van der Waals surface area contributed by atoms with Gasteiger partial charge in [-0.1, -0.05) is 13.3 Å². The van der Waals surface area contributed by atoms with Crippen molar-refractivity contribution in [1.82, 2.24) is 4.90 Å². The lowest BCUT2D eigenvalue weighted by Gasteiger charge is -2.13. The van der Waals surface area contributed by atoms with Gasteiger partial charge in [0.1, 0.15) is 5.78 Å². The minimum Gasteiger partial charge on any atom is -0.335 e. The Morgan fingerprint density at radius 1 is 1.67 bits per heavy atom. The van der Waals surface area contributed by atoms with E-state index >= 15 is 0 Å². The molecule has 0 N–H and O–H groups in total. The molecular weight excluding hydrogens is 154 g/mol. The zero-order valence-electron chi connectivity index (χ0n) is 7.67. The van der Waals surface area contributed by atoms with Crippen LogP contribution in [-0.2, 0) is 9.59 Å². The standard InChI is InChI=1S/C9H15NO2/c1-3-8-4-9(12)10(6-8)5-7(2)11/h8H,3-6H2,1-2H3. The molecule has 0 aliphatic carbocycles. The summed E-state index contributed by atoms with van der Waals surface area (Å²) >= 11 is 0. The SMILES string of the molecule is CCC1CC(=O)N(CC(C)=O)C1. The molecule has 1 aliphatic rings. The van der Waals surface area contributed by atoms with Crippen molar-refractivity contribution >= 4 is 11.7 Å². The minimum atomic E-state index is 0.0695. The highest BCUT2D eigenvalue weighted by molar-refractivity contribution is 5.85. The third-order valence-corrected chi connectivity index (χ3v) is 2.29. The molecule has 3 heteroatoms. The molecule has 0 aromatic carbocycles. The summed E-state index contributed by atoms with van der Waals surface area (Å²) in [6.45, 7) is 4.67. The molecule has 68 valence electrons. The Kier molecular flexibility index (Phi) is 2.84. The zero-order valence-corrected chi connectivity index (χ0v) is 7.67. The van der Waals surface area contributed by atoms with Crippen molar-refractivity contribution in [2.75, 3.05) is 13.1 Å². The zero-order chi connectivity index (χ0) is 9.14. The summed E-state index contributed by atoms with van der Waals surface area (Å²) in [5.74, 6) is 0.675. The van der Waals surface area contributed by atoms with Gasteiger partial charge in [0.15, 0.2) is 0 Å². The van der Waals surface area contributed by atoms with Crippen LogP contribution in [0.3, 0.4) is 0 Å². The monoisotopic (exact) mass is 169 g/mol. The molecule has 1 atom stereocenters. The van der Waals surface area contributed by atoms with Crippen LogP contribution in [0.5, 0.6) is 0 Å². The highest BCUT2D eigenvalue weighted by Crippen LogP contribution is 2.19. The van der Waals surface area contributed by atoms with Gasteiger partial charge in [0.2, 0.25) is 5.91 Å². The number of amides is 1. The van der Waals surface area contributed by atoms with Crippen LogP contribution < -0.4 is 0 Å². The number of hydrogen-bond donors (Lipinski definition) is 0. The van der Waals surface area contributed by atoms with Crippen molar-refractivity contribution in [3.8, 4) is 0 Å². The van der Waals surface area contributed by atoms with Gasteiger partial charge >= 0.3 is 0 Å². The Labute approximate surface area is 72.7 Å². The van der Waals surface area contributed by atoms with Gasteiger partial charge in [-0.05, 0) is 12.8 Å². The Bertz CT molecular complexity index is 201.